The fourth-order valence-electron chi connectivity index (χ4n) is 4.14. The molecule has 1 aromatic heterocycles. The van der Waals surface area contributed by atoms with Crippen molar-refractivity contribution in [3.63, 3.8) is 0 Å². The average molecular weight is 678 g/mol. The number of halogens is 6. The molecule has 1 amide bonds. The minimum atomic E-state index is -5.08. The monoisotopic (exact) mass is 677 g/mol. The van der Waals surface area contributed by atoms with Crippen LogP contribution in [0.15, 0.2) is 54.9 Å². The van der Waals surface area contributed by atoms with Crippen LogP contribution in [0.1, 0.15) is 12.8 Å². The van der Waals surface area contributed by atoms with Crippen LogP contribution in [0.2, 0.25) is 0 Å². The molecule has 0 atom stereocenters. The Morgan fingerprint density at radius 1 is 0.957 bits per heavy atom. The van der Waals surface area contributed by atoms with E-state index in [1.807, 2.05) is 30.5 Å². The molecule has 1 aliphatic rings. The first kappa shape index (κ1) is 38.2. The molecule has 2 heterocycles. The van der Waals surface area contributed by atoms with Crippen molar-refractivity contribution in [2.75, 3.05) is 51.1 Å². The number of nitrogens with one attached hydrogen (secondary N) is 2. The molecule has 18 heteroatoms. The lowest BCUT2D eigenvalue weighted by atomic mass is 10.0. The molecule has 12 nitrogen and oxygen atoms in total. The van der Waals surface area contributed by atoms with E-state index in [1.54, 1.807) is 25.4 Å². The predicted octanol–water partition coefficient (Wildman–Crippen LogP) is 4.90. The van der Waals surface area contributed by atoms with Gasteiger partial charge < -0.3 is 34.8 Å². The molecular formula is C29H33F6N5O7. The van der Waals surface area contributed by atoms with Crippen molar-refractivity contribution in [1.29, 1.82) is 0 Å². The number of hydrogen-bond acceptors (Lipinski definition) is 8. The summed E-state index contributed by atoms with van der Waals surface area (Å²) in [5.74, 6) is -4.45. The van der Waals surface area contributed by atoms with E-state index >= 15 is 0 Å². The van der Waals surface area contributed by atoms with E-state index in [9.17, 15) is 31.1 Å². The van der Waals surface area contributed by atoms with Gasteiger partial charge in [-0.3, -0.25) is 9.89 Å². The Bertz CT molecular complexity index is 1430. The van der Waals surface area contributed by atoms with E-state index in [0.717, 1.165) is 48.4 Å². The third kappa shape index (κ3) is 12.7. The Kier molecular flexibility index (Phi) is 13.9. The summed E-state index contributed by atoms with van der Waals surface area (Å²) >= 11 is 0. The maximum absolute atomic E-state index is 12.7. The summed E-state index contributed by atoms with van der Waals surface area (Å²) in [7, 11) is 5.86. The summed E-state index contributed by atoms with van der Waals surface area (Å²) in [6, 6.07) is 13.9. The van der Waals surface area contributed by atoms with E-state index < -0.39 is 24.3 Å². The summed E-state index contributed by atoms with van der Waals surface area (Å²) in [6.45, 7) is 1.78. The number of aromatic amines is 1. The molecule has 1 saturated heterocycles. The molecule has 2 aromatic carbocycles. The van der Waals surface area contributed by atoms with Crippen molar-refractivity contribution in [1.82, 2.24) is 15.1 Å². The van der Waals surface area contributed by atoms with Gasteiger partial charge in [-0.25, -0.2) is 9.59 Å². The van der Waals surface area contributed by atoms with Gasteiger partial charge in [0.05, 0.1) is 24.7 Å². The molecule has 4 rings (SSSR count). The van der Waals surface area contributed by atoms with Crippen LogP contribution in [0.5, 0.6) is 11.5 Å². The van der Waals surface area contributed by atoms with Crippen LogP contribution in [-0.4, -0.2) is 102 Å². The number of carboxylic acid groups (broad SMARTS) is 2. The third-order valence-corrected chi connectivity index (χ3v) is 6.53. The Balaban J connectivity index is 0.000000459. The first-order chi connectivity index (χ1) is 21.9. The van der Waals surface area contributed by atoms with Gasteiger partial charge >= 0.3 is 24.3 Å². The molecule has 0 saturated carbocycles. The second kappa shape index (κ2) is 17.1. The Morgan fingerprint density at radius 2 is 1.53 bits per heavy atom. The highest BCUT2D eigenvalue weighted by molar-refractivity contribution is 5.96. The number of amides is 1. The van der Waals surface area contributed by atoms with Gasteiger partial charge in [-0.15, -0.1) is 0 Å². The van der Waals surface area contributed by atoms with E-state index in [1.165, 1.54) is 0 Å². The number of nitrogens with zero attached hydrogens (tertiary/aromatic N) is 3. The first-order valence-corrected chi connectivity index (χ1v) is 13.6. The molecule has 0 spiro atoms. The van der Waals surface area contributed by atoms with Crippen LogP contribution in [0.4, 0.5) is 37.7 Å². The zero-order valence-electron chi connectivity index (χ0n) is 25.4. The van der Waals surface area contributed by atoms with Crippen molar-refractivity contribution in [3.8, 4) is 22.6 Å². The first-order valence-electron chi connectivity index (χ1n) is 13.6. The number of H-pyrrole nitrogens is 1. The molecule has 0 aliphatic carbocycles. The van der Waals surface area contributed by atoms with Gasteiger partial charge in [-0.2, -0.15) is 31.4 Å². The Labute approximate surface area is 264 Å². The standard InChI is InChI=1S/C25H31N5O3.2C2HF3O2/c1-29(2)20-9-11-30(12-10-20)24-13-18(19-15-26-27-16-19)7-8-23(24)28-25(31)17-33-22-6-4-5-21(14-22)32-3;2*3-2(4,5)1(6)7/h4-8,13-16,20H,9-12,17H2,1-3H3,(H,26,27)(H,28,31);2*(H,6,7). The molecule has 0 bridgehead atoms. The van der Waals surface area contributed by atoms with Crippen molar-refractivity contribution in [3.05, 3.63) is 54.9 Å². The lowest BCUT2D eigenvalue weighted by molar-refractivity contribution is -0.193. The molecule has 258 valence electrons. The molecule has 1 fully saturated rings. The van der Waals surface area contributed by atoms with Crippen LogP contribution in [0.25, 0.3) is 11.1 Å². The summed E-state index contributed by atoms with van der Waals surface area (Å²) in [5.41, 5.74) is 3.86. The lowest BCUT2D eigenvalue weighted by Gasteiger charge is -2.37. The molecule has 0 radical (unpaired) electrons. The van der Waals surface area contributed by atoms with E-state index in [2.05, 4.69) is 45.5 Å². The minimum Gasteiger partial charge on any atom is -0.497 e. The third-order valence-electron chi connectivity index (χ3n) is 6.53. The number of rotatable bonds is 8. The molecule has 0 unspecified atom stereocenters. The SMILES string of the molecule is COc1cccc(OCC(=O)Nc2ccc(-c3cn[nH]c3)cc2N2CCC(N(C)C)CC2)c1.O=C(O)C(F)(F)F.O=C(O)C(F)(F)F. The molecule has 47 heavy (non-hydrogen) atoms. The highest BCUT2D eigenvalue weighted by Crippen LogP contribution is 2.34. The Morgan fingerprint density at radius 3 is 2.02 bits per heavy atom. The minimum absolute atomic E-state index is 0.0845. The number of benzene rings is 2. The molecular weight excluding hydrogens is 644 g/mol. The maximum atomic E-state index is 12.7. The topological polar surface area (TPSA) is 157 Å². The number of aromatic nitrogens is 2. The summed E-state index contributed by atoms with van der Waals surface area (Å²) in [6.07, 6.45) is -4.33. The number of carboxylic acids is 2. The quantitative estimate of drug-likeness (QED) is 0.242. The average Bonchev–Trinajstić information content (AvgIpc) is 3.55. The van der Waals surface area contributed by atoms with Crippen LogP contribution in [0.3, 0.4) is 0 Å². The number of hydrogen-bond donors (Lipinski definition) is 4. The number of carbonyl (C=O) groups excluding carboxylic acids is 1. The van der Waals surface area contributed by atoms with Crippen LogP contribution in [0, 0.1) is 0 Å². The molecule has 1 aliphatic heterocycles. The van der Waals surface area contributed by atoms with Gasteiger partial charge in [0, 0.05) is 37.0 Å². The highest BCUT2D eigenvalue weighted by atomic mass is 19.4. The summed E-state index contributed by atoms with van der Waals surface area (Å²) < 4.78 is 74.3. The van der Waals surface area contributed by atoms with Crippen molar-refractivity contribution in [2.24, 2.45) is 0 Å². The fourth-order valence-corrected chi connectivity index (χ4v) is 4.14. The predicted molar refractivity (Wildman–Crippen MR) is 157 cm³/mol. The highest BCUT2D eigenvalue weighted by Gasteiger charge is 2.38. The second-order valence-electron chi connectivity index (χ2n) is 10.0. The van der Waals surface area contributed by atoms with E-state index in [0.29, 0.717) is 17.5 Å². The second-order valence-corrected chi connectivity index (χ2v) is 10.0. The van der Waals surface area contributed by atoms with Gasteiger partial charge in [0.1, 0.15) is 11.5 Å². The molecule has 3 aromatic rings. The fraction of sp³-hybridized carbons (Fsp3) is 0.379. The van der Waals surface area contributed by atoms with E-state index in [-0.39, 0.29) is 12.5 Å². The van der Waals surface area contributed by atoms with Gasteiger partial charge in [0.25, 0.3) is 5.91 Å². The van der Waals surface area contributed by atoms with Crippen molar-refractivity contribution in [2.45, 2.75) is 31.2 Å². The maximum Gasteiger partial charge on any atom is 0.490 e. The number of piperidine rings is 1. The summed E-state index contributed by atoms with van der Waals surface area (Å²) in [4.78, 5) is 35.2. The lowest BCUT2D eigenvalue weighted by Crippen LogP contribution is -2.42. The largest absolute Gasteiger partial charge is 0.497 e. The zero-order chi connectivity index (χ0) is 35.4. The number of anilines is 2. The number of aliphatic carboxylic acids is 2. The number of alkyl halides is 6. The number of carbonyl (C=O) groups is 3. The van der Waals surface area contributed by atoms with Gasteiger partial charge in [-0.1, -0.05) is 12.1 Å². The molecule has 4 N–H and O–H groups in total. The zero-order valence-corrected chi connectivity index (χ0v) is 25.4. The van der Waals surface area contributed by atoms with Gasteiger partial charge in [0.2, 0.25) is 0 Å². The van der Waals surface area contributed by atoms with Crippen LogP contribution >= 0.6 is 0 Å². The number of methoxy groups -OCH3 is 1. The Hall–Kier alpha value is -5.00. The number of ether oxygens (including phenoxy) is 2. The van der Waals surface area contributed by atoms with Crippen LogP contribution in [-0.2, 0) is 14.4 Å². The van der Waals surface area contributed by atoms with Crippen molar-refractivity contribution >= 4 is 29.2 Å². The van der Waals surface area contributed by atoms with Gasteiger partial charge in [0.15, 0.2) is 6.61 Å². The normalized spacial score (nSPS) is 13.4. The summed E-state index contributed by atoms with van der Waals surface area (Å²) in [5, 5.41) is 24.2. The van der Waals surface area contributed by atoms with Gasteiger partial charge in [-0.05, 0) is 56.8 Å². The van der Waals surface area contributed by atoms with Crippen LogP contribution < -0.4 is 19.7 Å². The van der Waals surface area contributed by atoms with Crippen molar-refractivity contribution < 1.29 is 60.4 Å². The van der Waals surface area contributed by atoms with E-state index in [4.69, 9.17) is 29.3 Å². The smallest absolute Gasteiger partial charge is 0.490 e.